The molecular formula is C14H12F2N2O3. The van der Waals surface area contributed by atoms with E-state index in [1.54, 1.807) is 0 Å². The second-order valence-corrected chi connectivity index (χ2v) is 5.16. The highest BCUT2D eigenvalue weighted by atomic mass is 19.1. The SMILES string of the molecule is O=C(O)C1CCC(c2nc(-c3cc(F)cc(F)c3)no2)C1. The Morgan fingerprint density at radius 1 is 1.24 bits per heavy atom. The molecule has 2 aromatic rings. The van der Waals surface area contributed by atoms with Crippen molar-refractivity contribution >= 4 is 5.97 Å². The number of aromatic nitrogens is 2. The van der Waals surface area contributed by atoms with Crippen LogP contribution in [-0.4, -0.2) is 21.2 Å². The minimum absolute atomic E-state index is 0.0992. The second-order valence-electron chi connectivity index (χ2n) is 5.16. The predicted octanol–water partition coefficient (Wildman–Crippen LogP) is 2.98. The van der Waals surface area contributed by atoms with Crippen molar-refractivity contribution in [3.63, 3.8) is 0 Å². The third-order valence-electron chi connectivity index (χ3n) is 3.69. The van der Waals surface area contributed by atoms with Crippen LogP contribution in [-0.2, 0) is 4.79 Å². The average molecular weight is 294 g/mol. The summed E-state index contributed by atoms with van der Waals surface area (Å²) in [6.07, 6.45) is 1.65. The van der Waals surface area contributed by atoms with E-state index < -0.39 is 23.5 Å². The molecule has 1 fully saturated rings. The molecule has 0 spiro atoms. The molecule has 0 bridgehead atoms. The van der Waals surface area contributed by atoms with Crippen molar-refractivity contribution in [2.24, 2.45) is 5.92 Å². The molecule has 1 aromatic heterocycles. The number of hydrogen-bond acceptors (Lipinski definition) is 4. The van der Waals surface area contributed by atoms with Gasteiger partial charge in [-0.2, -0.15) is 4.98 Å². The van der Waals surface area contributed by atoms with Crippen LogP contribution in [0.4, 0.5) is 8.78 Å². The molecule has 2 atom stereocenters. The maximum Gasteiger partial charge on any atom is 0.306 e. The van der Waals surface area contributed by atoms with Crippen molar-refractivity contribution in [1.29, 1.82) is 0 Å². The standard InChI is InChI=1S/C14H12F2N2O3/c15-10-4-9(5-11(16)6-10)12-17-13(21-18-12)7-1-2-8(3-7)14(19)20/h4-8H,1-3H2,(H,19,20). The van der Waals surface area contributed by atoms with E-state index in [0.29, 0.717) is 25.2 Å². The average Bonchev–Trinajstić information content (AvgIpc) is 3.07. The van der Waals surface area contributed by atoms with E-state index >= 15 is 0 Å². The van der Waals surface area contributed by atoms with Gasteiger partial charge in [0.1, 0.15) is 11.6 Å². The summed E-state index contributed by atoms with van der Waals surface area (Å²) in [7, 11) is 0. The maximum absolute atomic E-state index is 13.2. The minimum Gasteiger partial charge on any atom is -0.481 e. The third kappa shape index (κ3) is 2.76. The Morgan fingerprint density at radius 3 is 2.57 bits per heavy atom. The molecule has 0 amide bonds. The van der Waals surface area contributed by atoms with Gasteiger partial charge in [0.2, 0.25) is 11.7 Å². The van der Waals surface area contributed by atoms with Crippen LogP contribution < -0.4 is 0 Å². The van der Waals surface area contributed by atoms with Gasteiger partial charge in [0.05, 0.1) is 5.92 Å². The summed E-state index contributed by atoms with van der Waals surface area (Å²) in [5.74, 6) is -2.38. The maximum atomic E-state index is 13.2. The van der Waals surface area contributed by atoms with E-state index in [-0.39, 0.29) is 17.3 Å². The van der Waals surface area contributed by atoms with E-state index in [2.05, 4.69) is 10.1 Å². The number of benzene rings is 1. The van der Waals surface area contributed by atoms with Crippen molar-refractivity contribution < 1.29 is 23.2 Å². The van der Waals surface area contributed by atoms with Gasteiger partial charge in [0.15, 0.2) is 0 Å². The Kier molecular flexibility index (Phi) is 3.40. The fraction of sp³-hybridized carbons (Fsp3) is 0.357. The van der Waals surface area contributed by atoms with Crippen LogP contribution in [0.25, 0.3) is 11.4 Å². The highest BCUT2D eigenvalue weighted by Gasteiger charge is 2.33. The van der Waals surface area contributed by atoms with Crippen LogP contribution in [0, 0.1) is 17.6 Å². The van der Waals surface area contributed by atoms with Gasteiger partial charge in [-0.15, -0.1) is 0 Å². The molecular weight excluding hydrogens is 282 g/mol. The zero-order valence-electron chi connectivity index (χ0n) is 10.9. The molecule has 1 aromatic carbocycles. The number of nitrogens with zero attached hydrogens (tertiary/aromatic N) is 2. The highest BCUT2D eigenvalue weighted by Crippen LogP contribution is 2.38. The number of aliphatic carboxylic acids is 1. The molecule has 1 aliphatic carbocycles. The fourth-order valence-electron chi connectivity index (χ4n) is 2.63. The Balaban J connectivity index is 1.82. The predicted molar refractivity (Wildman–Crippen MR) is 67.4 cm³/mol. The van der Waals surface area contributed by atoms with Crippen molar-refractivity contribution in [2.75, 3.05) is 0 Å². The van der Waals surface area contributed by atoms with E-state index in [0.717, 1.165) is 18.2 Å². The van der Waals surface area contributed by atoms with Crippen molar-refractivity contribution in [3.05, 3.63) is 35.7 Å². The molecule has 0 aliphatic heterocycles. The number of carboxylic acids is 1. The van der Waals surface area contributed by atoms with E-state index in [1.165, 1.54) is 0 Å². The molecule has 110 valence electrons. The highest BCUT2D eigenvalue weighted by molar-refractivity contribution is 5.70. The monoisotopic (exact) mass is 294 g/mol. The van der Waals surface area contributed by atoms with Gasteiger partial charge in [-0.25, -0.2) is 8.78 Å². The second kappa shape index (κ2) is 5.23. The van der Waals surface area contributed by atoms with Gasteiger partial charge in [0, 0.05) is 17.5 Å². The molecule has 0 saturated heterocycles. The molecule has 3 rings (SSSR count). The quantitative estimate of drug-likeness (QED) is 0.941. The van der Waals surface area contributed by atoms with Crippen LogP contribution in [0.15, 0.2) is 22.7 Å². The first-order valence-corrected chi connectivity index (χ1v) is 6.56. The number of carboxylic acid groups (broad SMARTS) is 1. The summed E-state index contributed by atoms with van der Waals surface area (Å²) < 4.78 is 31.5. The van der Waals surface area contributed by atoms with Gasteiger partial charge < -0.3 is 9.63 Å². The summed E-state index contributed by atoms with van der Waals surface area (Å²) >= 11 is 0. The van der Waals surface area contributed by atoms with Gasteiger partial charge in [0.25, 0.3) is 0 Å². The molecule has 1 heterocycles. The lowest BCUT2D eigenvalue weighted by Crippen LogP contribution is -2.09. The van der Waals surface area contributed by atoms with E-state index in [1.807, 2.05) is 0 Å². The van der Waals surface area contributed by atoms with Crippen LogP contribution >= 0.6 is 0 Å². The molecule has 7 heteroatoms. The van der Waals surface area contributed by atoms with Gasteiger partial charge >= 0.3 is 5.97 Å². The fourth-order valence-corrected chi connectivity index (χ4v) is 2.63. The molecule has 0 radical (unpaired) electrons. The first kappa shape index (κ1) is 13.7. The summed E-state index contributed by atoms with van der Waals surface area (Å²) in [5.41, 5.74) is 0.190. The topological polar surface area (TPSA) is 76.2 Å². The van der Waals surface area contributed by atoms with Crippen molar-refractivity contribution in [1.82, 2.24) is 10.1 Å². The molecule has 1 aliphatic rings. The number of halogens is 2. The summed E-state index contributed by atoms with van der Waals surface area (Å²) in [4.78, 5) is 15.1. The normalized spacial score (nSPS) is 21.6. The zero-order chi connectivity index (χ0) is 15.0. The minimum atomic E-state index is -0.829. The van der Waals surface area contributed by atoms with Gasteiger partial charge in [-0.3, -0.25) is 4.79 Å². The van der Waals surface area contributed by atoms with Crippen molar-refractivity contribution in [3.8, 4) is 11.4 Å². The Bertz CT molecular complexity index is 666. The molecule has 2 unspecified atom stereocenters. The Morgan fingerprint density at radius 2 is 1.95 bits per heavy atom. The molecule has 1 N–H and O–H groups in total. The lowest BCUT2D eigenvalue weighted by atomic mass is 10.1. The largest absolute Gasteiger partial charge is 0.481 e. The number of rotatable bonds is 3. The van der Waals surface area contributed by atoms with Crippen molar-refractivity contribution in [2.45, 2.75) is 25.2 Å². The lowest BCUT2D eigenvalue weighted by molar-refractivity contribution is -0.141. The third-order valence-corrected chi connectivity index (χ3v) is 3.69. The number of hydrogen-bond donors (Lipinski definition) is 1. The summed E-state index contributed by atoms with van der Waals surface area (Å²) in [6, 6.07) is 3.00. The first-order chi connectivity index (χ1) is 10.0. The number of carbonyl (C=O) groups is 1. The molecule has 21 heavy (non-hydrogen) atoms. The van der Waals surface area contributed by atoms with E-state index in [9.17, 15) is 13.6 Å². The van der Waals surface area contributed by atoms with Crippen LogP contribution in [0.3, 0.4) is 0 Å². The smallest absolute Gasteiger partial charge is 0.306 e. The van der Waals surface area contributed by atoms with Gasteiger partial charge in [-0.05, 0) is 31.4 Å². The van der Waals surface area contributed by atoms with E-state index in [4.69, 9.17) is 9.63 Å². The van der Waals surface area contributed by atoms with Crippen LogP contribution in [0.2, 0.25) is 0 Å². The summed E-state index contributed by atoms with van der Waals surface area (Å²) in [5, 5.41) is 12.7. The first-order valence-electron chi connectivity index (χ1n) is 6.56. The Labute approximate surface area is 118 Å². The Hall–Kier alpha value is -2.31. The lowest BCUT2D eigenvalue weighted by Gasteiger charge is -2.02. The van der Waals surface area contributed by atoms with Crippen LogP contribution in [0.5, 0.6) is 0 Å². The zero-order valence-corrected chi connectivity index (χ0v) is 10.9. The summed E-state index contributed by atoms with van der Waals surface area (Å²) in [6.45, 7) is 0. The molecule has 5 nitrogen and oxygen atoms in total. The van der Waals surface area contributed by atoms with Gasteiger partial charge in [-0.1, -0.05) is 5.16 Å². The van der Waals surface area contributed by atoms with Crippen LogP contribution in [0.1, 0.15) is 31.1 Å². The molecule has 1 saturated carbocycles.